The number of aliphatic hydroxyl groups excluding tert-OH is 1. The minimum atomic E-state index is -0.504. The molecule has 0 amide bonds. The SMILES string of the molecule is CC(Cc1cccs1)NCC(O)COCc1ccco1. The van der Waals surface area contributed by atoms with Gasteiger partial charge in [0, 0.05) is 17.5 Å². The summed E-state index contributed by atoms with van der Waals surface area (Å²) in [6.45, 7) is 3.36. The van der Waals surface area contributed by atoms with Crippen molar-refractivity contribution in [2.24, 2.45) is 0 Å². The molecule has 0 aliphatic heterocycles. The van der Waals surface area contributed by atoms with Crippen molar-refractivity contribution < 1.29 is 14.3 Å². The molecular weight excluding hydrogens is 274 g/mol. The fraction of sp³-hybridized carbons (Fsp3) is 0.467. The van der Waals surface area contributed by atoms with Gasteiger partial charge in [0.2, 0.25) is 0 Å². The van der Waals surface area contributed by atoms with Crippen LogP contribution < -0.4 is 5.32 Å². The summed E-state index contributed by atoms with van der Waals surface area (Å²) in [5.74, 6) is 0.774. The highest BCUT2D eigenvalue weighted by molar-refractivity contribution is 7.09. The highest BCUT2D eigenvalue weighted by Crippen LogP contribution is 2.10. The average molecular weight is 295 g/mol. The zero-order chi connectivity index (χ0) is 14.2. The Morgan fingerprint density at radius 2 is 2.30 bits per heavy atom. The van der Waals surface area contributed by atoms with Gasteiger partial charge in [-0.1, -0.05) is 6.07 Å². The topological polar surface area (TPSA) is 54.6 Å². The normalized spacial score (nSPS) is 14.3. The van der Waals surface area contributed by atoms with Crippen LogP contribution >= 0.6 is 11.3 Å². The average Bonchev–Trinajstić information content (AvgIpc) is 3.09. The van der Waals surface area contributed by atoms with E-state index in [9.17, 15) is 5.11 Å². The van der Waals surface area contributed by atoms with E-state index in [2.05, 4.69) is 29.8 Å². The zero-order valence-electron chi connectivity index (χ0n) is 11.6. The number of nitrogens with one attached hydrogen (secondary N) is 1. The Hall–Kier alpha value is -1.14. The van der Waals surface area contributed by atoms with Gasteiger partial charge in [0.1, 0.15) is 12.4 Å². The second-order valence-electron chi connectivity index (χ2n) is 4.84. The highest BCUT2D eigenvalue weighted by atomic mass is 32.1. The molecular formula is C15H21NO3S. The molecule has 110 valence electrons. The van der Waals surface area contributed by atoms with E-state index in [0.29, 0.717) is 25.8 Å². The Balaban J connectivity index is 1.56. The Morgan fingerprint density at radius 1 is 1.40 bits per heavy atom. The molecule has 2 N–H and O–H groups in total. The molecule has 0 aromatic carbocycles. The van der Waals surface area contributed by atoms with Gasteiger partial charge in [-0.3, -0.25) is 0 Å². The van der Waals surface area contributed by atoms with Gasteiger partial charge in [0.05, 0.1) is 19.0 Å². The monoisotopic (exact) mass is 295 g/mol. The van der Waals surface area contributed by atoms with E-state index < -0.39 is 6.10 Å². The summed E-state index contributed by atoms with van der Waals surface area (Å²) in [5, 5.41) is 15.2. The quantitative estimate of drug-likeness (QED) is 0.746. The summed E-state index contributed by atoms with van der Waals surface area (Å²) in [5.41, 5.74) is 0. The van der Waals surface area contributed by atoms with Crippen molar-refractivity contribution in [2.45, 2.75) is 32.1 Å². The van der Waals surface area contributed by atoms with Crippen molar-refractivity contribution in [1.82, 2.24) is 5.32 Å². The first-order chi connectivity index (χ1) is 9.74. The summed E-state index contributed by atoms with van der Waals surface area (Å²) in [6.07, 6.45) is 2.09. The van der Waals surface area contributed by atoms with Crippen LogP contribution in [0.3, 0.4) is 0 Å². The molecule has 5 heteroatoms. The summed E-state index contributed by atoms with van der Waals surface area (Å²) in [4.78, 5) is 1.36. The van der Waals surface area contributed by atoms with Crippen molar-refractivity contribution in [2.75, 3.05) is 13.2 Å². The number of aliphatic hydroxyl groups is 1. The molecule has 2 atom stereocenters. The largest absolute Gasteiger partial charge is 0.467 e. The van der Waals surface area contributed by atoms with Crippen LogP contribution in [0.5, 0.6) is 0 Å². The molecule has 0 fully saturated rings. The molecule has 0 bridgehead atoms. The third-order valence-corrected chi connectivity index (χ3v) is 3.82. The maximum Gasteiger partial charge on any atom is 0.129 e. The van der Waals surface area contributed by atoms with Gasteiger partial charge >= 0.3 is 0 Å². The second kappa shape index (κ2) is 8.21. The first-order valence-corrected chi connectivity index (χ1v) is 7.66. The van der Waals surface area contributed by atoms with Gasteiger partial charge in [-0.2, -0.15) is 0 Å². The van der Waals surface area contributed by atoms with Crippen molar-refractivity contribution in [3.8, 4) is 0 Å². The number of hydrogen-bond donors (Lipinski definition) is 2. The van der Waals surface area contributed by atoms with Gasteiger partial charge in [-0.05, 0) is 36.9 Å². The molecule has 0 aliphatic carbocycles. The van der Waals surface area contributed by atoms with E-state index in [1.165, 1.54) is 4.88 Å². The molecule has 2 unspecified atom stereocenters. The third kappa shape index (κ3) is 5.46. The lowest BCUT2D eigenvalue weighted by molar-refractivity contribution is 0.0217. The van der Waals surface area contributed by atoms with Gasteiger partial charge in [0.15, 0.2) is 0 Å². The maximum atomic E-state index is 9.84. The smallest absolute Gasteiger partial charge is 0.129 e. The number of thiophene rings is 1. The van der Waals surface area contributed by atoms with Crippen molar-refractivity contribution in [1.29, 1.82) is 0 Å². The van der Waals surface area contributed by atoms with Crippen LogP contribution in [0.2, 0.25) is 0 Å². The predicted molar refractivity (Wildman–Crippen MR) is 79.9 cm³/mol. The predicted octanol–water partition coefficient (Wildman–Crippen LogP) is 2.44. The molecule has 0 aliphatic rings. The lowest BCUT2D eigenvalue weighted by atomic mass is 10.2. The van der Waals surface area contributed by atoms with Gasteiger partial charge in [0.25, 0.3) is 0 Å². The molecule has 2 aromatic heterocycles. The van der Waals surface area contributed by atoms with Crippen LogP contribution in [0.15, 0.2) is 40.3 Å². The molecule has 0 saturated carbocycles. The molecule has 0 saturated heterocycles. The van der Waals surface area contributed by atoms with E-state index >= 15 is 0 Å². The van der Waals surface area contributed by atoms with E-state index in [1.807, 2.05) is 12.1 Å². The van der Waals surface area contributed by atoms with Crippen LogP contribution in [0.4, 0.5) is 0 Å². The zero-order valence-corrected chi connectivity index (χ0v) is 12.4. The number of rotatable bonds is 9. The van der Waals surface area contributed by atoms with E-state index in [-0.39, 0.29) is 0 Å². The number of furan rings is 1. The van der Waals surface area contributed by atoms with Gasteiger partial charge in [-0.25, -0.2) is 0 Å². The van der Waals surface area contributed by atoms with Crippen molar-refractivity contribution in [3.05, 3.63) is 46.5 Å². The van der Waals surface area contributed by atoms with E-state index in [0.717, 1.165) is 12.2 Å². The Bertz CT molecular complexity index is 455. The standard InChI is InChI=1S/C15H21NO3S/c1-12(8-15-5-3-7-20-15)16-9-13(17)10-18-11-14-4-2-6-19-14/h2-7,12-13,16-17H,8-11H2,1H3. The maximum absolute atomic E-state index is 9.84. The third-order valence-electron chi connectivity index (χ3n) is 2.92. The van der Waals surface area contributed by atoms with Crippen molar-refractivity contribution in [3.63, 3.8) is 0 Å². The molecule has 2 aromatic rings. The van der Waals surface area contributed by atoms with Crippen molar-refractivity contribution >= 4 is 11.3 Å². The number of hydrogen-bond acceptors (Lipinski definition) is 5. The minimum Gasteiger partial charge on any atom is -0.467 e. The van der Waals surface area contributed by atoms with E-state index in [4.69, 9.17) is 9.15 Å². The minimum absolute atomic E-state index is 0.305. The Labute approximate surface area is 123 Å². The molecule has 20 heavy (non-hydrogen) atoms. The molecule has 4 nitrogen and oxygen atoms in total. The van der Waals surface area contributed by atoms with Gasteiger partial charge < -0.3 is 19.6 Å². The van der Waals surface area contributed by atoms with Gasteiger partial charge in [-0.15, -0.1) is 11.3 Å². The lowest BCUT2D eigenvalue weighted by Crippen LogP contribution is -2.36. The Kier molecular flexibility index (Phi) is 6.26. The Morgan fingerprint density at radius 3 is 3.00 bits per heavy atom. The summed E-state index contributed by atoms with van der Waals surface area (Å²) in [7, 11) is 0. The fourth-order valence-electron chi connectivity index (χ4n) is 1.89. The van der Waals surface area contributed by atoms with Crippen LogP contribution in [-0.2, 0) is 17.8 Å². The molecule has 2 heterocycles. The second-order valence-corrected chi connectivity index (χ2v) is 5.87. The molecule has 0 spiro atoms. The van der Waals surface area contributed by atoms with Crippen LogP contribution in [-0.4, -0.2) is 30.4 Å². The number of ether oxygens (including phenoxy) is 1. The summed E-state index contributed by atoms with van der Waals surface area (Å²) in [6, 6.07) is 8.21. The summed E-state index contributed by atoms with van der Waals surface area (Å²) >= 11 is 1.76. The van der Waals surface area contributed by atoms with Crippen LogP contribution in [0.25, 0.3) is 0 Å². The van der Waals surface area contributed by atoms with Crippen LogP contribution in [0.1, 0.15) is 17.6 Å². The highest BCUT2D eigenvalue weighted by Gasteiger charge is 2.09. The fourth-order valence-corrected chi connectivity index (χ4v) is 2.72. The first-order valence-electron chi connectivity index (χ1n) is 6.78. The molecule has 2 rings (SSSR count). The molecule has 0 radical (unpaired) electrons. The van der Waals surface area contributed by atoms with Crippen LogP contribution in [0, 0.1) is 0 Å². The van der Waals surface area contributed by atoms with E-state index in [1.54, 1.807) is 17.6 Å². The summed E-state index contributed by atoms with van der Waals surface area (Å²) < 4.78 is 10.5. The lowest BCUT2D eigenvalue weighted by Gasteiger charge is -2.16. The first kappa shape index (κ1) is 15.3.